The fraction of sp³-hybridized carbons (Fsp3) is 0. The van der Waals surface area contributed by atoms with Gasteiger partial charge in [-0.1, -0.05) is 17.7 Å². The Hall–Kier alpha value is -1.62. The van der Waals surface area contributed by atoms with E-state index >= 15 is 0 Å². The molecule has 6 heteroatoms. The van der Waals surface area contributed by atoms with Gasteiger partial charge in [0.15, 0.2) is 5.96 Å². The van der Waals surface area contributed by atoms with Crippen LogP contribution < -0.4 is 11.5 Å². The summed E-state index contributed by atoms with van der Waals surface area (Å²) in [6.45, 7) is 0. The van der Waals surface area contributed by atoms with Crippen LogP contribution in [-0.2, 0) is 0 Å². The predicted octanol–water partition coefficient (Wildman–Crippen LogP) is 0.893. The van der Waals surface area contributed by atoms with Crippen LogP contribution in [0, 0.1) is 5.82 Å². The molecule has 74 valence electrons. The van der Waals surface area contributed by atoms with Crippen LogP contribution in [0.4, 0.5) is 4.39 Å². The lowest BCUT2D eigenvalue weighted by atomic mass is 10.2. The van der Waals surface area contributed by atoms with Gasteiger partial charge in [0.25, 0.3) is 5.91 Å². The summed E-state index contributed by atoms with van der Waals surface area (Å²) in [6, 6.07) is 3.85. The van der Waals surface area contributed by atoms with Crippen molar-refractivity contribution in [2.75, 3.05) is 0 Å². The van der Waals surface area contributed by atoms with Gasteiger partial charge in [-0.25, -0.2) is 4.39 Å². The average Bonchev–Trinajstić information content (AvgIpc) is 2.01. The van der Waals surface area contributed by atoms with Crippen molar-refractivity contribution in [2.45, 2.75) is 0 Å². The number of aliphatic imine (C=N–C) groups is 1. The minimum atomic E-state index is -0.895. The third-order valence-corrected chi connectivity index (χ3v) is 1.72. The van der Waals surface area contributed by atoms with E-state index in [2.05, 4.69) is 4.99 Å². The lowest BCUT2D eigenvalue weighted by molar-refractivity contribution is 0.0999. The zero-order valence-electron chi connectivity index (χ0n) is 7.00. The van der Waals surface area contributed by atoms with Crippen LogP contribution in [0.5, 0.6) is 0 Å². The first-order valence-electron chi connectivity index (χ1n) is 3.60. The molecule has 14 heavy (non-hydrogen) atoms. The molecule has 1 rings (SSSR count). The molecule has 0 saturated heterocycles. The second kappa shape index (κ2) is 4.06. The quantitative estimate of drug-likeness (QED) is 0.539. The molecule has 1 aromatic rings. The van der Waals surface area contributed by atoms with E-state index in [1.165, 1.54) is 12.1 Å². The van der Waals surface area contributed by atoms with E-state index < -0.39 is 17.7 Å². The largest absolute Gasteiger partial charge is 0.370 e. The first kappa shape index (κ1) is 10.5. The third kappa shape index (κ3) is 2.20. The number of rotatable bonds is 1. The zero-order valence-corrected chi connectivity index (χ0v) is 7.75. The maximum atomic E-state index is 13.1. The SMILES string of the molecule is NC(N)=NC(=O)c1c(F)cccc1Cl. The summed E-state index contributed by atoms with van der Waals surface area (Å²) in [5.41, 5.74) is 9.61. The Morgan fingerprint density at radius 3 is 2.57 bits per heavy atom. The van der Waals surface area contributed by atoms with Gasteiger partial charge in [0, 0.05) is 0 Å². The molecule has 0 aromatic heterocycles. The third-order valence-electron chi connectivity index (χ3n) is 1.41. The molecule has 0 fully saturated rings. The van der Waals surface area contributed by atoms with E-state index in [0.29, 0.717) is 0 Å². The van der Waals surface area contributed by atoms with Crippen LogP contribution >= 0.6 is 11.6 Å². The molecule has 1 amide bonds. The number of benzene rings is 1. The molecule has 0 aliphatic carbocycles. The van der Waals surface area contributed by atoms with Gasteiger partial charge >= 0.3 is 0 Å². The van der Waals surface area contributed by atoms with Crippen molar-refractivity contribution >= 4 is 23.5 Å². The fourth-order valence-corrected chi connectivity index (χ4v) is 1.12. The first-order valence-corrected chi connectivity index (χ1v) is 3.98. The molecule has 1 aromatic carbocycles. The van der Waals surface area contributed by atoms with Gasteiger partial charge in [-0.2, -0.15) is 4.99 Å². The standard InChI is InChI=1S/C8H7ClFN3O/c9-4-2-1-3-5(10)6(4)7(14)13-8(11)12/h1-3H,(H4,11,12,13,14). The van der Waals surface area contributed by atoms with Gasteiger partial charge in [0.05, 0.1) is 10.6 Å². The van der Waals surface area contributed by atoms with Crippen molar-refractivity contribution < 1.29 is 9.18 Å². The Labute approximate surface area is 84.4 Å². The Morgan fingerprint density at radius 1 is 1.43 bits per heavy atom. The maximum Gasteiger partial charge on any atom is 0.284 e. The lowest BCUT2D eigenvalue weighted by Gasteiger charge is -2.00. The topological polar surface area (TPSA) is 81.5 Å². The number of halogens is 2. The van der Waals surface area contributed by atoms with Gasteiger partial charge in [-0.05, 0) is 12.1 Å². The summed E-state index contributed by atoms with van der Waals surface area (Å²) in [4.78, 5) is 14.4. The summed E-state index contributed by atoms with van der Waals surface area (Å²) in [5.74, 6) is -2.09. The fourth-order valence-electron chi connectivity index (χ4n) is 0.875. The monoisotopic (exact) mass is 215 g/mol. The maximum absolute atomic E-state index is 13.1. The second-order valence-electron chi connectivity index (χ2n) is 2.44. The van der Waals surface area contributed by atoms with Gasteiger partial charge in [0.1, 0.15) is 5.82 Å². The summed E-state index contributed by atoms with van der Waals surface area (Å²) in [7, 11) is 0. The first-order chi connectivity index (χ1) is 6.52. The van der Waals surface area contributed by atoms with Gasteiger partial charge in [-0.15, -0.1) is 0 Å². The number of hydrogen-bond acceptors (Lipinski definition) is 1. The Balaban J connectivity index is 3.19. The van der Waals surface area contributed by atoms with Crippen LogP contribution in [-0.4, -0.2) is 11.9 Å². The van der Waals surface area contributed by atoms with Crippen LogP contribution in [0.15, 0.2) is 23.2 Å². The summed E-state index contributed by atoms with van der Waals surface area (Å²) < 4.78 is 13.1. The van der Waals surface area contributed by atoms with E-state index in [9.17, 15) is 9.18 Å². The van der Waals surface area contributed by atoms with Crippen molar-refractivity contribution in [3.05, 3.63) is 34.6 Å². The molecule has 4 nitrogen and oxygen atoms in total. The molecular weight excluding hydrogens is 209 g/mol. The van der Waals surface area contributed by atoms with E-state index in [1.807, 2.05) is 0 Å². The number of amides is 1. The van der Waals surface area contributed by atoms with Gasteiger partial charge in [-0.3, -0.25) is 4.79 Å². The molecule has 0 atom stereocenters. The molecule has 0 bridgehead atoms. The minimum Gasteiger partial charge on any atom is -0.370 e. The normalized spacial score (nSPS) is 9.57. The molecule has 4 N–H and O–H groups in total. The highest BCUT2D eigenvalue weighted by Crippen LogP contribution is 2.19. The Kier molecular flexibility index (Phi) is 3.03. The molecule has 0 unspecified atom stereocenters. The van der Waals surface area contributed by atoms with Crippen LogP contribution in [0.1, 0.15) is 10.4 Å². The van der Waals surface area contributed by atoms with Crippen LogP contribution in [0.25, 0.3) is 0 Å². The number of guanidine groups is 1. The highest BCUT2D eigenvalue weighted by Gasteiger charge is 2.14. The lowest BCUT2D eigenvalue weighted by Crippen LogP contribution is -2.24. The average molecular weight is 216 g/mol. The van der Waals surface area contributed by atoms with Gasteiger partial charge in [0.2, 0.25) is 0 Å². The van der Waals surface area contributed by atoms with Crippen LogP contribution in [0.3, 0.4) is 0 Å². The number of carbonyl (C=O) groups is 1. The van der Waals surface area contributed by atoms with Gasteiger partial charge < -0.3 is 11.5 Å². The van der Waals surface area contributed by atoms with E-state index in [1.54, 1.807) is 0 Å². The van der Waals surface area contributed by atoms with E-state index in [4.69, 9.17) is 23.1 Å². The molecule has 0 aliphatic rings. The highest BCUT2D eigenvalue weighted by molar-refractivity contribution is 6.34. The number of nitrogens with zero attached hydrogens (tertiary/aromatic N) is 1. The molecule has 0 radical (unpaired) electrons. The van der Waals surface area contributed by atoms with Crippen molar-refractivity contribution in [2.24, 2.45) is 16.5 Å². The Bertz CT molecular complexity index is 381. The molecule has 0 aliphatic heterocycles. The van der Waals surface area contributed by atoms with E-state index in [0.717, 1.165) is 6.07 Å². The molecule has 0 heterocycles. The molecule has 0 spiro atoms. The van der Waals surface area contributed by atoms with Crippen molar-refractivity contribution in [3.8, 4) is 0 Å². The van der Waals surface area contributed by atoms with Crippen molar-refractivity contribution in [1.29, 1.82) is 0 Å². The predicted molar refractivity (Wildman–Crippen MR) is 51.6 cm³/mol. The van der Waals surface area contributed by atoms with Crippen LogP contribution in [0.2, 0.25) is 5.02 Å². The smallest absolute Gasteiger partial charge is 0.284 e. The molecular formula is C8H7ClFN3O. The van der Waals surface area contributed by atoms with Crippen molar-refractivity contribution in [3.63, 3.8) is 0 Å². The number of carbonyl (C=O) groups excluding carboxylic acids is 1. The van der Waals surface area contributed by atoms with E-state index in [-0.39, 0.29) is 10.6 Å². The van der Waals surface area contributed by atoms with Crippen molar-refractivity contribution in [1.82, 2.24) is 0 Å². The number of hydrogen-bond donors (Lipinski definition) is 2. The summed E-state index contributed by atoms with van der Waals surface area (Å²) in [5, 5.41) is -0.0278. The number of nitrogens with two attached hydrogens (primary N) is 2. The molecule has 0 saturated carbocycles. The Morgan fingerprint density at radius 2 is 2.07 bits per heavy atom. The summed E-state index contributed by atoms with van der Waals surface area (Å²) in [6.07, 6.45) is 0. The second-order valence-corrected chi connectivity index (χ2v) is 2.85. The zero-order chi connectivity index (χ0) is 10.7. The summed E-state index contributed by atoms with van der Waals surface area (Å²) >= 11 is 5.60. The highest BCUT2D eigenvalue weighted by atomic mass is 35.5. The minimum absolute atomic E-state index is 0.0278.